The lowest BCUT2D eigenvalue weighted by Crippen LogP contribution is -2.42. The van der Waals surface area contributed by atoms with Crippen molar-refractivity contribution in [1.82, 2.24) is 4.90 Å². The van der Waals surface area contributed by atoms with Crippen molar-refractivity contribution in [2.24, 2.45) is 0 Å². The summed E-state index contributed by atoms with van der Waals surface area (Å²) in [6.45, 7) is 8.06. The van der Waals surface area contributed by atoms with Gasteiger partial charge in [-0.25, -0.2) is 0 Å². The highest BCUT2D eigenvalue weighted by Gasteiger charge is 2.22. The normalized spacial score (nSPS) is 11.0. The van der Waals surface area contributed by atoms with Gasteiger partial charge >= 0.3 is 0 Å². The van der Waals surface area contributed by atoms with Gasteiger partial charge in [0.1, 0.15) is 0 Å². The maximum Gasteiger partial charge on any atom is 0.256 e. The van der Waals surface area contributed by atoms with Crippen LogP contribution in [0.15, 0.2) is 18.2 Å². The molecule has 1 aromatic carbocycles. The van der Waals surface area contributed by atoms with E-state index in [1.54, 1.807) is 6.07 Å². The fourth-order valence-corrected chi connectivity index (χ4v) is 2.45. The Labute approximate surface area is 117 Å². The predicted molar refractivity (Wildman–Crippen MR) is 80.0 cm³/mol. The second-order valence-electron chi connectivity index (χ2n) is 4.63. The minimum absolute atomic E-state index is 0.00361. The molecule has 0 saturated heterocycles. The molecular weight excluding hydrogens is 327 g/mol. The van der Waals surface area contributed by atoms with Crippen molar-refractivity contribution in [3.63, 3.8) is 0 Å². The van der Waals surface area contributed by atoms with Gasteiger partial charge in [0.05, 0.1) is 5.56 Å². The van der Waals surface area contributed by atoms with Crippen molar-refractivity contribution in [1.29, 1.82) is 0 Å². The maximum atomic E-state index is 12.4. The summed E-state index contributed by atoms with van der Waals surface area (Å²) in [6, 6.07) is 5.87. The van der Waals surface area contributed by atoms with Gasteiger partial charge in [-0.05, 0) is 68.5 Å². The molecule has 0 aliphatic heterocycles. The summed E-state index contributed by atoms with van der Waals surface area (Å²) in [5.41, 5.74) is 7.05. The van der Waals surface area contributed by atoms with Gasteiger partial charge in [-0.15, -0.1) is 0 Å². The number of halogens is 1. The van der Waals surface area contributed by atoms with Crippen LogP contribution in [0, 0.1) is 3.57 Å². The van der Waals surface area contributed by atoms with E-state index in [2.05, 4.69) is 22.6 Å². The molecule has 0 aromatic heterocycles. The smallest absolute Gasteiger partial charge is 0.256 e. The molecule has 0 radical (unpaired) electrons. The number of hydrogen-bond donors (Lipinski definition) is 1. The standard InChI is InChI=1S/C13H19IN2O/c1-8(2)16(9(3)4)13(17)11-6-5-10(14)7-12(11)15/h5-9H,15H2,1-4H3. The highest BCUT2D eigenvalue weighted by atomic mass is 127. The lowest BCUT2D eigenvalue weighted by Gasteiger charge is -2.31. The zero-order chi connectivity index (χ0) is 13.2. The molecule has 1 rings (SSSR count). The van der Waals surface area contributed by atoms with Gasteiger partial charge in [0.2, 0.25) is 0 Å². The van der Waals surface area contributed by atoms with Crippen LogP contribution in [0.25, 0.3) is 0 Å². The molecule has 0 unspecified atom stereocenters. The zero-order valence-electron chi connectivity index (χ0n) is 10.7. The topological polar surface area (TPSA) is 46.3 Å². The molecule has 0 saturated carbocycles. The highest BCUT2D eigenvalue weighted by molar-refractivity contribution is 14.1. The summed E-state index contributed by atoms with van der Waals surface area (Å²) < 4.78 is 1.04. The van der Waals surface area contributed by atoms with Crippen molar-refractivity contribution in [3.8, 4) is 0 Å². The molecule has 0 atom stereocenters. The van der Waals surface area contributed by atoms with Gasteiger partial charge < -0.3 is 10.6 Å². The van der Waals surface area contributed by atoms with Gasteiger partial charge in [0.15, 0.2) is 0 Å². The molecule has 1 amide bonds. The second-order valence-corrected chi connectivity index (χ2v) is 5.88. The SMILES string of the molecule is CC(C)N(C(=O)c1ccc(I)cc1N)C(C)C. The fourth-order valence-electron chi connectivity index (χ4n) is 1.93. The maximum absolute atomic E-state index is 12.4. The van der Waals surface area contributed by atoms with E-state index in [-0.39, 0.29) is 18.0 Å². The Morgan fingerprint density at radius 2 is 1.76 bits per heavy atom. The molecule has 17 heavy (non-hydrogen) atoms. The minimum Gasteiger partial charge on any atom is -0.398 e. The first-order valence-corrected chi connectivity index (χ1v) is 6.80. The molecule has 4 heteroatoms. The van der Waals surface area contributed by atoms with E-state index in [1.807, 2.05) is 44.7 Å². The predicted octanol–water partition coefficient (Wildman–Crippen LogP) is 3.13. The average molecular weight is 346 g/mol. The van der Waals surface area contributed by atoms with Crippen molar-refractivity contribution in [3.05, 3.63) is 27.3 Å². The number of carbonyl (C=O) groups is 1. The fraction of sp³-hybridized carbons (Fsp3) is 0.462. The number of rotatable bonds is 3. The van der Waals surface area contributed by atoms with Crippen LogP contribution in [0.3, 0.4) is 0 Å². The number of amides is 1. The van der Waals surface area contributed by atoms with Gasteiger partial charge in [-0.2, -0.15) is 0 Å². The molecule has 0 bridgehead atoms. The van der Waals surface area contributed by atoms with E-state index in [0.29, 0.717) is 11.3 Å². The Kier molecular flexibility index (Phi) is 4.80. The summed E-state index contributed by atoms with van der Waals surface area (Å²) in [6.07, 6.45) is 0. The van der Waals surface area contributed by atoms with Crippen molar-refractivity contribution >= 4 is 34.2 Å². The lowest BCUT2D eigenvalue weighted by atomic mass is 10.1. The van der Waals surface area contributed by atoms with E-state index in [0.717, 1.165) is 3.57 Å². The summed E-state index contributed by atoms with van der Waals surface area (Å²) in [5, 5.41) is 0. The Hall–Kier alpha value is -0.780. The molecule has 2 N–H and O–H groups in total. The van der Waals surface area contributed by atoms with Crippen molar-refractivity contribution in [2.75, 3.05) is 5.73 Å². The quantitative estimate of drug-likeness (QED) is 0.675. The van der Waals surface area contributed by atoms with Crippen LogP contribution in [-0.4, -0.2) is 22.9 Å². The largest absolute Gasteiger partial charge is 0.398 e. The number of anilines is 1. The lowest BCUT2D eigenvalue weighted by molar-refractivity contribution is 0.0645. The molecule has 0 fully saturated rings. The molecule has 0 aliphatic rings. The Balaban J connectivity index is 3.10. The Morgan fingerprint density at radius 1 is 1.24 bits per heavy atom. The van der Waals surface area contributed by atoms with Crippen LogP contribution in [-0.2, 0) is 0 Å². The monoisotopic (exact) mass is 346 g/mol. The highest BCUT2D eigenvalue weighted by Crippen LogP contribution is 2.20. The molecule has 3 nitrogen and oxygen atoms in total. The Morgan fingerprint density at radius 3 is 2.18 bits per heavy atom. The Bertz CT molecular complexity index is 408. The van der Waals surface area contributed by atoms with Crippen LogP contribution >= 0.6 is 22.6 Å². The van der Waals surface area contributed by atoms with E-state index >= 15 is 0 Å². The molecule has 0 heterocycles. The van der Waals surface area contributed by atoms with Gasteiger partial charge in [0.25, 0.3) is 5.91 Å². The summed E-state index contributed by atoms with van der Waals surface area (Å²) in [5.74, 6) is 0.00361. The van der Waals surface area contributed by atoms with Crippen molar-refractivity contribution in [2.45, 2.75) is 39.8 Å². The van der Waals surface area contributed by atoms with Crippen LogP contribution in [0.5, 0.6) is 0 Å². The first-order chi connectivity index (χ1) is 7.84. The number of nitrogen functional groups attached to an aromatic ring is 1. The number of benzene rings is 1. The minimum atomic E-state index is 0.00361. The third-order valence-electron chi connectivity index (χ3n) is 2.59. The average Bonchev–Trinajstić information content (AvgIpc) is 2.15. The number of nitrogens with two attached hydrogens (primary N) is 1. The molecular formula is C13H19IN2O. The molecule has 0 spiro atoms. The molecule has 94 valence electrons. The van der Waals surface area contributed by atoms with Crippen molar-refractivity contribution < 1.29 is 4.79 Å². The van der Waals surface area contributed by atoms with E-state index in [9.17, 15) is 4.79 Å². The first-order valence-electron chi connectivity index (χ1n) is 5.72. The number of carbonyl (C=O) groups excluding carboxylic acids is 1. The molecule has 1 aromatic rings. The summed E-state index contributed by atoms with van der Waals surface area (Å²) in [4.78, 5) is 14.2. The van der Waals surface area contributed by atoms with Gasteiger partial charge in [-0.1, -0.05) is 0 Å². The third kappa shape index (κ3) is 3.34. The summed E-state index contributed by atoms with van der Waals surface area (Å²) in [7, 11) is 0. The van der Waals surface area contributed by atoms with E-state index < -0.39 is 0 Å². The van der Waals surface area contributed by atoms with Crippen LogP contribution < -0.4 is 5.73 Å². The van der Waals surface area contributed by atoms with Crippen LogP contribution in [0.2, 0.25) is 0 Å². The first kappa shape index (κ1) is 14.3. The third-order valence-corrected chi connectivity index (χ3v) is 3.26. The zero-order valence-corrected chi connectivity index (χ0v) is 12.9. The number of hydrogen-bond acceptors (Lipinski definition) is 2. The summed E-state index contributed by atoms with van der Waals surface area (Å²) >= 11 is 2.18. The van der Waals surface area contributed by atoms with E-state index in [4.69, 9.17) is 5.73 Å². The van der Waals surface area contributed by atoms with Crippen LogP contribution in [0.4, 0.5) is 5.69 Å². The van der Waals surface area contributed by atoms with Crippen LogP contribution in [0.1, 0.15) is 38.1 Å². The van der Waals surface area contributed by atoms with E-state index in [1.165, 1.54) is 0 Å². The van der Waals surface area contributed by atoms with Gasteiger partial charge in [-0.3, -0.25) is 4.79 Å². The number of nitrogens with zero attached hydrogens (tertiary/aromatic N) is 1. The van der Waals surface area contributed by atoms with Gasteiger partial charge in [0, 0.05) is 21.3 Å². The molecule has 0 aliphatic carbocycles. The second kappa shape index (κ2) is 5.71.